The number of aromatic nitrogens is 7. The average molecular weight is 674 g/mol. The van der Waals surface area contributed by atoms with Crippen molar-refractivity contribution in [3.8, 4) is 16.9 Å². The molecule has 250 valence electrons. The van der Waals surface area contributed by atoms with Gasteiger partial charge in [-0.3, -0.25) is 14.3 Å². The number of nitrogens with zero attached hydrogens (tertiary/aromatic N) is 7. The Kier molecular flexibility index (Phi) is 8.49. The Morgan fingerprint density at radius 3 is 2.65 bits per heavy atom. The van der Waals surface area contributed by atoms with E-state index < -0.39 is 35.6 Å². The molecule has 9 nitrogen and oxygen atoms in total. The van der Waals surface area contributed by atoms with Crippen LogP contribution in [0.2, 0.25) is 0 Å². The largest absolute Gasteiger partial charge is 0.416 e. The highest BCUT2D eigenvalue weighted by molar-refractivity contribution is 5.98. The summed E-state index contributed by atoms with van der Waals surface area (Å²) in [4.78, 5) is 31.2. The Bertz CT molecular complexity index is 2190. The lowest BCUT2D eigenvalue weighted by atomic mass is 9.96. The number of fused-ring (bicyclic) bond motifs is 1. The Morgan fingerprint density at radius 2 is 1.90 bits per heavy atom. The van der Waals surface area contributed by atoms with Crippen molar-refractivity contribution in [3.05, 3.63) is 119 Å². The van der Waals surface area contributed by atoms with E-state index in [2.05, 4.69) is 25.0 Å². The van der Waals surface area contributed by atoms with Crippen LogP contribution in [0.25, 0.3) is 28.1 Å². The lowest BCUT2D eigenvalue weighted by molar-refractivity contribution is -0.137. The first-order valence-corrected chi connectivity index (χ1v) is 15.5. The molecule has 2 aromatic carbocycles. The summed E-state index contributed by atoms with van der Waals surface area (Å²) in [5.74, 6) is -2.65. The van der Waals surface area contributed by atoms with Crippen LogP contribution in [0.5, 0.6) is 0 Å². The maximum Gasteiger partial charge on any atom is 0.416 e. The number of carbonyl (C=O) groups is 1. The second kappa shape index (κ2) is 12.9. The van der Waals surface area contributed by atoms with E-state index in [9.17, 15) is 18.0 Å². The van der Waals surface area contributed by atoms with Gasteiger partial charge < -0.3 is 4.74 Å². The molecule has 0 aliphatic carbocycles. The van der Waals surface area contributed by atoms with Gasteiger partial charge in [-0.1, -0.05) is 6.07 Å². The summed E-state index contributed by atoms with van der Waals surface area (Å²) in [5, 5.41) is 4.05. The van der Waals surface area contributed by atoms with E-state index in [1.165, 1.54) is 35.7 Å². The smallest absolute Gasteiger partial charge is 0.358 e. The fraction of sp³-hybridized carbons (Fsp3) is 0.257. The van der Waals surface area contributed by atoms with E-state index in [4.69, 9.17) is 4.74 Å². The predicted octanol–water partition coefficient (Wildman–Crippen LogP) is 7.39. The number of hydrogen-bond acceptors (Lipinski definition) is 7. The van der Waals surface area contributed by atoms with Crippen LogP contribution in [0.3, 0.4) is 0 Å². The maximum absolute atomic E-state index is 16.0. The average Bonchev–Trinajstić information content (AvgIpc) is 3.74. The number of benzene rings is 2. The fourth-order valence-electron chi connectivity index (χ4n) is 6.01. The summed E-state index contributed by atoms with van der Waals surface area (Å²) in [5.41, 5.74) is 1.06. The first-order chi connectivity index (χ1) is 23.6. The summed E-state index contributed by atoms with van der Waals surface area (Å²) >= 11 is 0. The molecular weight excluding hydrogens is 645 g/mol. The van der Waals surface area contributed by atoms with Crippen LogP contribution < -0.4 is 0 Å². The molecule has 1 aliphatic heterocycles. The number of halogens is 5. The third kappa shape index (κ3) is 6.43. The molecule has 0 amide bonds. The number of ether oxygens (including phenoxy) is 1. The zero-order chi connectivity index (χ0) is 34.3. The second-order valence-corrected chi connectivity index (χ2v) is 11.9. The SMILES string of the molecule is Cc1cnn(-c2cc(C(=O)Cc3ccc(F)c(Cc4ncccc4-c4ncnc5c4ncn5C4CCCCO4)c3F)cc(C(F)(F)F)c2)c1. The minimum Gasteiger partial charge on any atom is -0.358 e. The van der Waals surface area contributed by atoms with Gasteiger partial charge in [0.2, 0.25) is 0 Å². The zero-order valence-corrected chi connectivity index (χ0v) is 26.1. The second-order valence-electron chi connectivity index (χ2n) is 11.9. The molecule has 1 aliphatic rings. The maximum atomic E-state index is 16.0. The van der Waals surface area contributed by atoms with Crippen LogP contribution >= 0.6 is 0 Å². The topological polar surface area (TPSA) is 101 Å². The highest BCUT2D eigenvalue weighted by Gasteiger charge is 2.32. The van der Waals surface area contributed by atoms with Gasteiger partial charge in [0.05, 0.1) is 29.5 Å². The van der Waals surface area contributed by atoms with Gasteiger partial charge >= 0.3 is 6.18 Å². The van der Waals surface area contributed by atoms with E-state index in [0.29, 0.717) is 40.3 Å². The Hall–Kier alpha value is -5.37. The van der Waals surface area contributed by atoms with Gasteiger partial charge in [0, 0.05) is 48.5 Å². The fourth-order valence-corrected chi connectivity index (χ4v) is 6.01. The Labute approximate surface area is 276 Å². The van der Waals surface area contributed by atoms with Crippen molar-refractivity contribution in [1.82, 2.24) is 34.3 Å². The number of imidazole rings is 1. The lowest BCUT2D eigenvalue weighted by Crippen LogP contribution is -2.17. The number of rotatable bonds is 8. The van der Waals surface area contributed by atoms with Gasteiger partial charge in [-0.15, -0.1) is 0 Å². The van der Waals surface area contributed by atoms with E-state index in [1.807, 2.05) is 4.57 Å². The highest BCUT2D eigenvalue weighted by Crippen LogP contribution is 2.34. The summed E-state index contributed by atoms with van der Waals surface area (Å²) < 4.78 is 81.6. The van der Waals surface area contributed by atoms with Gasteiger partial charge in [-0.25, -0.2) is 28.4 Å². The third-order valence-corrected chi connectivity index (χ3v) is 8.47. The predicted molar refractivity (Wildman–Crippen MR) is 168 cm³/mol. The number of hydrogen-bond donors (Lipinski definition) is 0. The number of Topliss-reactive ketones (excluding diaryl/α,β-unsaturated/α-hetero) is 1. The van der Waals surface area contributed by atoms with Crippen LogP contribution in [-0.4, -0.2) is 46.7 Å². The van der Waals surface area contributed by atoms with Gasteiger partial charge in [0.25, 0.3) is 0 Å². The summed E-state index contributed by atoms with van der Waals surface area (Å²) in [6.07, 6.45) is 4.39. The number of pyridine rings is 1. The van der Waals surface area contributed by atoms with E-state index in [1.54, 1.807) is 25.4 Å². The van der Waals surface area contributed by atoms with E-state index in [-0.39, 0.29) is 35.0 Å². The molecule has 0 saturated carbocycles. The summed E-state index contributed by atoms with van der Waals surface area (Å²) in [6, 6.07) is 8.39. The zero-order valence-electron chi connectivity index (χ0n) is 26.1. The molecule has 49 heavy (non-hydrogen) atoms. The molecule has 5 heterocycles. The van der Waals surface area contributed by atoms with Gasteiger partial charge in [0.15, 0.2) is 11.4 Å². The molecule has 6 aromatic rings. The van der Waals surface area contributed by atoms with Crippen LogP contribution in [0.1, 0.15) is 63.8 Å². The van der Waals surface area contributed by atoms with Crippen molar-refractivity contribution in [2.45, 2.75) is 51.4 Å². The van der Waals surface area contributed by atoms with Crippen LogP contribution in [0.4, 0.5) is 22.0 Å². The molecule has 7 rings (SSSR count). The molecule has 0 spiro atoms. The first kappa shape index (κ1) is 32.2. The molecule has 4 aromatic heterocycles. The standard InChI is InChI=1S/C35H28F5N7O2/c1-20-16-45-47(17-20)24-12-22(11-23(14-24)35(38,39)40)29(48)13-21-7-8-27(36)26(31(21)37)15-28-25(5-4-9-41-28)32-33-34(43-18-42-32)46(19-44-33)30-6-2-3-10-49-30/h4-5,7-9,11-12,14,16-19,30H,2-3,6,10,13,15H2,1H3. The van der Waals surface area contributed by atoms with Crippen LogP contribution in [-0.2, 0) is 23.8 Å². The van der Waals surface area contributed by atoms with Crippen molar-refractivity contribution in [3.63, 3.8) is 0 Å². The molecule has 1 unspecified atom stereocenters. The van der Waals surface area contributed by atoms with Crippen LogP contribution in [0.15, 0.2) is 73.7 Å². The molecule has 14 heteroatoms. The number of ketones is 1. The number of carbonyl (C=O) groups excluding carboxylic acids is 1. The van der Waals surface area contributed by atoms with Crippen LogP contribution in [0, 0.1) is 18.6 Å². The van der Waals surface area contributed by atoms with Crippen molar-refractivity contribution in [2.75, 3.05) is 6.61 Å². The van der Waals surface area contributed by atoms with Crippen molar-refractivity contribution in [2.24, 2.45) is 0 Å². The van der Waals surface area contributed by atoms with Gasteiger partial charge in [0.1, 0.15) is 35.4 Å². The molecule has 0 N–H and O–H groups in total. The molecule has 1 atom stereocenters. The van der Waals surface area contributed by atoms with Gasteiger partial charge in [-0.2, -0.15) is 18.3 Å². The molecule has 1 saturated heterocycles. The third-order valence-electron chi connectivity index (χ3n) is 8.47. The minimum atomic E-state index is -4.75. The molecule has 0 radical (unpaired) electrons. The monoisotopic (exact) mass is 673 g/mol. The van der Waals surface area contributed by atoms with E-state index >= 15 is 8.78 Å². The molecule has 0 bridgehead atoms. The van der Waals surface area contributed by atoms with Crippen molar-refractivity contribution in [1.29, 1.82) is 0 Å². The Balaban J connectivity index is 1.20. The quantitative estimate of drug-likeness (QED) is 0.123. The minimum absolute atomic E-state index is 0.0177. The first-order valence-electron chi connectivity index (χ1n) is 15.5. The van der Waals surface area contributed by atoms with Gasteiger partial charge in [-0.05, 0) is 73.7 Å². The van der Waals surface area contributed by atoms with Crippen molar-refractivity contribution < 1.29 is 31.5 Å². The van der Waals surface area contributed by atoms with Crippen molar-refractivity contribution >= 4 is 16.9 Å². The highest BCUT2D eigenvalue weighted by atomic mass is 19.4. The molecular formula is C35H28F5N7O2. The van der Waals surface area contributed by atoms with E-state index in [0.717, 1.165) is 43.5 Å². The Morgan fingerprint density at radius 1 is 1.04 bits per heavy atom. The normalized spacial score (nSPS) is 15.2. The lowest BCUT2D eigenvalue weighted by Gasteiger charge is -2.23. The summed E-state index contributed by atoms with van der Waals surface area (Å²) in [6.45, 7) is 2.35. The number of aryl methyl sites for hydroxylation is 1. The number of alkyl halides is 3. The molecule has 1 fully saturated rings. The summed E-state index contributed by atoms with van der Waals surface area (Å²) in [7, 11) is 0.